The summed E-state index contributed by atoms with van der Waals surface area (Å²) in [5.74, 6) is -0.690. The van der Waals surface area contributed by atoms with Gasteiger partial charge in [-0.2, -0.15) is 10.4 Å². The molecule has 0 saturated carbocycles. The molecular formula is C16H20N5O7P. The molecule has 0 amide bonds. The van der Waals surface area contributed by atoms with Crippen molar-refractivity contribution in [3.63, 3.8) is 0 Å². The van der Waals surface area contributed by atoms with Crippen molar-refractivity contribution in [1.82, 2.24) is 14.6 Å². The Kier molecular flexibility index (Phi) is 5.62. The van der Waals surface area contributed by atoms with Gasteiger partial charge in [-0.25, -0.2) is 14.1 Å². The number of carbonyl (C=O) groups is 1. The fourth-order valence-electron chi connectivity index (χ4n) is 3.13. The Morgan fingerprint density at radius 3 is 2.90 bits per heavy atom. The average molecular weight is 425 g/mol. The summed E-state index contributed by atoms with van der Waals surface area (Å²) in [6.45, 7) is 3.11. The molecule has 0 radical (unpaired) electrons. The van der Waals surface area contributed by atoms with E-state index in [0.717, 1.165) is 0 Å². The van der Waals surface area contributed by atoms with Crippen molar-refractivity contribution in [2.75, 3.05) is 12.3 Å². The second-order valence-corrected chi connectivity index (χ2v) is 8.05. The molecule has 3 atom stereocenters. The number of aromatic nitrogens is 3. The molecule has 1 fully saturated rings. The van der Waals surface area contributed by atoms with E-state index in [1.807, 2.05) is 6.07 Å². The third-order valence-electron chi connectivity index (χ3n) is 4.46. The second kappa shape index (κ2) is 7.70. The predicted octanol–water partition coefficient (Wildman–Crippen LogP) is 0.496. The Morgan fingerprint density at radius 2 is 2.28 bits per heavy atom. The molecule has 1 aliphatic rings. The van der Waals surface area contributed by atoms with Crippen LogP contribution >= 0.6 is 7.82 Å². The van der Waals surface area contributed by atoms with E-state index in [0.29, 0.717) is 5.52 Å². The summed E-state index contributed by atoms with van der Waals surface area (Å²) in [5, 5.41) is 14.0. The molecule has 156 valence electrons. The quantitative estimate of drug-likeness (QED) is 0.432. The highest BCUT2D eigenvalue weighted by molar-refractivity contribution is 7.46. The van der Waals surface area contributed by atoms with Crippen LogP contribution < -0.4 is 5.73 Å². The van der Waals surface area contributed by atoms with Crippen LogP contribution in [0.1, 0.15) is 26.0 Å². The van der Waals surface area contributed by atoms with Crippen LogP contribution in [0.2, 0.25) is 0 Å². The van der Waals surface area contributed by atoms with Crippen molar-refractivity contribution < 1.29 is 33.1 Å². The molecule has 3 rings (SSSR count). The van der Waals surface area contributed by atoms with Crippen LogP contribution in [0, 0.1) is 17.2 Å². The van der Waals surface area contributed by atoms with Crippen LogP contribution in [-0.2, 0) is 29.0 Å². The first kappa shape index (κ1) is 21.2. The minimum Gasteiger partial charge on any atom is -0.463 e. The molecule has 2 aromatic heterocycles. The van der Waals surface area contributed by atoms with Crippen molar-refractivity contribution >= 4 is 25.1 Å². The number of hydrogen-bond acceptors (Lipinski definition) is 9. The molecule has 3 heterocycles. The fourth-order valence-corrected chi connectivity index (χ4v) is 3.70. The second-order valence-electron chi connectivity index (χ2n) is 6.85. The zero-order valence-corrected chi connectivity index (χ0v) is 16.5. The number of ether oxygens (including phenoxy) is 2. The Labute approximate surface area is 165 Å². The summed E-state index contributed by atoms with van der Waals surface area (Å²) in [7, 11) is -4.97. The van der Waals surface area contributed by atoms with Crippen LogP contribution in [0.15, 0.2) is 18.5 Å². The van der Waals surface area contributed by atoms with Crippen LogP contribution in [0.25, 0.3) is 5.52 Å². The molecule has 1 saturated heterocycles. The van der Waals surface area contributed by atoms with Gasteiger partial charge in [-0.15, -0.1) is 0 Å². The van der Waals surface area contributed by atoms with Crippen LogP contribution in [0.4, 0.5) is 5.82 Å². The Bertz CT molecular complexity index is 1010. The number of nitrogen functional groups attached to an aromatic ring is 1. The number of carbonyl (C=O) groups excluding carboxylic acids is 1. The van der Waals surface area contributed by atoms with Crippen LogP contribution in [0.5, 0.6) is 0 Å². The number of phosphoric acid groups is 1. The lowest BCUT2D eigenvalue weighted by Crippen LogP contribution is -2.38. The highest BCUT2D eigenvalue weighted by Crippen LogP contribution is 2.49. The standard InChI is InChI=1S/C16H20N5O7P/c1-9(2)15(22)26-6-10-5-13(28-29(23,24)25)16(7-17,27-10)12-4-3-11-14(18)19-8-20-21(11)12/h3-4,8-10,13H,5-6H2,1-2H3,(H2,18,19,20)(H2,23,24,25)/t10-,13+,16-/m0/s1. The molecule has 29 heavy (non-hydrogen) atoms. The first-order valence-corrected chi connectivity index (χ1v) is 10.2. The van der Waals surface area contributed by atoms with Gasteiger partial charge in [0, 0.05) is 6.42 Å². The van der Waals surface area contributed by atoms with Gasteiger partial charge in [-0.3, -0.25) is 9.32 Å². The number of phosphoric ester groups is 1. The summed E-state index contributed by atoms with van der Waals surface area (Å²) < 4.78 is 28.7. The molecule has 4 N–H and O–H groups in total. The van der Waals surface area contributed by atoms with Gasteiger partial charge < -0.3 is 25.0 Å². The Hall–Kier alpha value is -2.55. The van der Waals surface area contributed by atoms with Gasteiger partial charge in [-0.05, 0) is 12.1 Å². The van der Waals surface area contributed by atoms with E-state index < -0.39 is 31.6 Å². The third-order valence-corrected chi connectivity index (χ3v) is 4.99. The first-order valence-electron chi connectivity index (χ1n) is 8.65. The summed E-state index contributed by atoms with van der Waals surface area (Å²) >= 11 is 0. The van der Waals surface area contributed by atoms with Crippen molar-refractivity contribution in [2.45, 2.75) is 38.1 Å². The highest BCUT2D eigenvalue weighted by Gasteiger charge is 2.55. The average Bonchev–Trinajstić information content (AvgIpc) is 3.21. The number of esters is 1. The molecule has 0 aliphatic carbocycles. The topological polar surface area (TPSA) is 182 Å². The lowest BCUT2D eigenvalue weighted by atomic mass is 9.94. The third kappa shape index (κ3) is 4.10. The van der Waals surface area contributed by atoms with E-state index in [1.54, 1.807) is 19.9 Å². The van der Waals surface area contributed by atoms with Crippen molar-refractivity contribution in [2.24, 2.45) is 5.92 Å². The molecule has 0 aromatic carbocycles. The number of hydrogen-bond donors (Lipinski definition) is 3. The van der Waals surface area contributed by atoms with Crippen molar-refractivity contribution in [3.05, 3.63) is 24.2 Å². The molecule has 13 heteroatoms. The molecule has 12 nitrogen and oxygen atoms in total. The monoisotopic (exact) mass is 425 g/mol. The summed E-state index contributed by atoms with van der Waals surface area (Å²) in [5.41, 5.74) is 4.42. The van der Waals surface area contributed by atoms with Gasteiger partial charge in [0.1, 0.15) is 30.6 Å². The lowest BCUT2D eigenvalue weighted by Gasteiger charge is -2.27. The molecule has 1 aliphatic heterocycles. The minimum atomic E-state index is -4.97. The molecule has 0 unspecified atom stereocenters. The normalized spacial score (nSPS) is 24.7. The van der Waals surface area contributed by atoms with Gasteiger partial charge in [0.2, 0.25) is 5.60 Å². The predicted molar refractivity (Wildman–Crippen MR) is 96.9 cm³/mol. The van der Waals surface area contributed by atoms with Crippen molar-refractivity contribution in [3.8, 4) is 6.07 Å². The lowest BCUT2D eigenvalue weighted by molar-refractivity contribution is -0.152. The van der Waals surface area contributed by atoms with Gasteiger partial charge >= 0.3 is 13.8 Å². The molecule has 0 spiro atoms. The first-order chi connectivity index (χ1) is 13.6. The number of nitrogens with two attached hydrogens (primary N) is 1. The largest absolute Gasteiger partial charge is 0.470 e. The number of nitrogens with zero attached hydrogens (tertiary/aromatic N) is 4. The number of nitriles is 1. The smallest absolute Gasteiger partial charge is 0.463 e. The number of anilines is 1. The number of rotatable bonds is 6. The highest BCUT2D eigenvalue weighted by atomic mass is 31.2. The Balaban J connectivity index is 2.00. The summed E-state index contributed by atoms with van der Waals surface area (Å²) in [4.78, 5) is 34.3. The Morgan fingerprint density at radius 1 is 1.55 bits per heavy atom. The summed E-state index contributed by atoms with van der Waals surface area (Å²) in [6.07, 6.45) is -1.12. The van der Waals surface area contributed by atoms with E-state index >= 15 is 0 Å². The SMILES string of the molecule is CC(C)C(=O)OC[C@@H]1C[C@@H](OP(=O)(O)O)[C@](C#N)(c2ccc3c(N)ncnn23)O1. The molecule has 2 aromatic rings. The maximum atomic E-state index is 11.7. The fraction of sp³-hybridized carbons (Fsp3) is 0.500. The summed E-state index contributed by atoms with van der Waals surface area (Å²) in [6, 6.07) is 4.99. The zero-order valence-electron chi connectivity index (χ0n) is 15.6. The molecular weight excluding hydrogens is 405 g/mol. The van der Waals surface area contributed by atoms with E-state index in [4.69, 9.17) is 19.7 Å². The van der Waals surface area contributed by atoms with Crippen LogP contribution in [-0.4, -0.2) is 49.2 Å². The van der Waals surface area contributed by atoms with Crippen molar-refractivity contribution in [1.29, 1.82) is 5.26 Å². The molecule has 0 bridgehead atoms. The van der Waals surface area contributed by atoms with Gasteiger partial charge in [0.25, 0.3) is 0 Å². The maximum Gasteiger partial charge on any atom is 0.470 e. The van der Waals surface area contributed by atoms with Crippen LogP contribution in [0.3, 0.4) is 0 Å². The van der Waals surface area contributed by atoms with Gasteiger partial charge in [0.15, 0.2) is 5.82 Å². The minimum absolute atomic E-state index is 0.0994. The van der Waals surface area contributed by atoms with E-state index in [-0.39, 0.29) is 30.5 Å². The van der Waals surface area contributed by atoms with Gasteiger partial charge in [-0.1, -0.05) is 13.8 Å². The zero-order chi connectivity index (χ0) is 21.4. The van der Waals surface area contributed by atoms with Gasteiger partial charge in [0.05, 0.1) is 17.7 Å². The van der Waals surface area contributed by atoms with E-state index in [2.05, 4.69) is 10.1 Å². The maximum absolute atomic E-state index is 11.7. The number of fused-ring (bicyclic) bond motifs is 1. The van der Waals surface area contributed by atoms with E-state index in [9.17, 15) is 24.4 Å². The van der Waals surface area contributed by atoms with E-state index in [1.165, 1.54) is 16.9 Å².